The molecular weight excluding hydrogens is 268 g/mol. The Balaban J connectivity index is 1.99. The van der Waals surface area contributed by atoms with E-state index in [0.29, 0.717) is 23.1 Å². The Bertz CT molecular complexity index is 460. The van der Waals surface area contributed by atoms with E-state index in [9.17, 15) is 4.79 Å². The molecule has 1 saturated carbocycles. The number of anilines is 1. The lowest BCUT2D eigenvalue weighted by atomic mass is 9.81. The molecular formula is C16H24N2O3. The molecule has 0 aliphatic heterocycles. The maximum absolute atomic E-state index is 12.3. The summed E-state index contributed by atoms with van der Waals surface area (Å²) in [5, 5.41) is 2.96. The van der Waals surface area contributed by atoms with E-state index in [4.69, 9.17) is 15.2 Å². The molecule has 1 aliphatic carbocycles. The monoisotopic (exact) mass is 292 g/mol. The Morgan fingerprint density at radius 3 is 2.19 bits per heavy atom. The van der Waals surface area contributed by atoms with Crippen LogP contribution in [0.4, 0.5) is 5.69 Å². The molecule has 1 aliphatic rings. The predicted molar refractivity (Wildman–Crippen MR) is 82.7 cm³/mol. The van der Waals surface area contributed by atoms with Gasteiger partial charge in [0.05, 0.1) is 14.2 Å². The van der Waals surface area contributed by atoms with Crippen molar-refractivity contribution in [3.63, 3.8) is 0 Å². The summed E-state index contributed by atoms with van der Waals surface area (Å²) in [6.45, 7) is 0.724. The van der Waals surface area contributed by atoms with Crippen molar-refractivity contribution in [3.8, 4) is 11.5 Å². The van der Waals surface area contributed by atoms with Crippen LogP contribution in [0.3, 0.4) is 0 Å². The highest BCUT2D eigenvalue weighted by Crippen LogP contribution is 2.30. The van der Waals surface area contributed by atoms with Gasteiger partial charge in [-0.1, -0.05) is 0 Å². The molecule has 1 aromatic carbocycles. The number of nitrogens with two attached hydrogens (primary N) is 1. The van der Waals surface area contributed by atoms with Gasteiger partial charge in [0.2, 0.25) is 5.91 Å². The van der Waals surface area contributed by atoms with Crippen molar-refractivity contribution in [2.24, 2.45) is 17.6 Å². The molecule has 1 fully saturated rings. The van der Waals surface area contributed by atoms with E-state index in [1.165, 1.54) is 0 Å². The van der Waals surface area contributed by atoms with Crippen LogP contribution >= 0.6 is 0 Å². The van der Waals surface area contributed by atoms with E-state index in [0.717, 1.165) is 32.2 Å². The van der Waals surface area contributed by atoms with Crippen molar-refractivity contribution in [1.82, 2.24) is 0 Å². The molecule has 5 nitrogen and oxygen atoms in total. The Morgan fingerprint density at radius 2 is 1.71 bits per heavy atom. The molecule has 116 valence electrons. The van der Waals surface area contributed by atoms with Gasteiger partial charge in [0.15, 0.2) is 0 Å². The quantitative estimate of drug-likeness (QED) is 0.874. The molecule has 0 spiro atoms. The summed E-state index contributed by atoms with van der Waals surface area (Å²) in [6.07, 6.45) is 3.90. The summed E-state index contributed by atoms with van der Waals surface area (Å²) in [7, 11) is 3.18. The van der Waals surface area contributed by atoms with Crippen LogP contribution in [0.15, 0.2) is 18.2 Å². The van der Waals surface area contributed by atoms with Gasteiger partial charge < -0.3 is 20.5 Å². The van der Waals surface area contributed by atoms with Gasteiger partial charge in [0.1, 0.15) is 11.5 Å². The van der Waals surface area contributed by atoms with Crippen molar-refractivity contribution in [2.75, 3.05) is 26.1 Å². The maximum atomic E-state index is 12.3. The third-order valence-electron chi connectivity index (χ3n) is 4.17. The molecule has 5 heteroatoms. The van der Waals surface area contributed by atoms with Crippen molar-refractivity contribution < 1.29 is 14.3 Å². The minimum absolute atomic E-state index is 0.0702. The van der Waals surface area contributed by atoms with Crippen molar-refractivity contribution in [2.45, 2.75) is 25.7 Å². The van der Waals surface area contributed by atoms with E-state index in [1.54, 1.807) is 32.4 Å². The van der Waals surface area contributed by atoms with Crippen LogP contribution in [-0.2, 0) is 4.79 Å². The molecule has 0 radical (unpaired) electrons. The molecule has 1 aromatic rings. The molecule has 0 heterocycles. The molecule has 0 atom stereocenters. The molecule has 0 bridgehead atoms. The lowest BCUT2D eigenvalue weighted by molar-refractivity contribution is -0.121. The first-order chi connectivity index (χ1) is 10.2. The van der Waals surface area contributed by atoms with E-state index in [-0.39, 0.29) is 11.8 Å². The Kier molecular flexibility index (Phi) is 5.44. The zero-order valence-electron chi connectivity index (χ0n) is 12.7. The highest BCUT2D eigenvalue weighted by atomic mass is 16.5. The first-order valence-electron chi connectivity index (χ1n) is 7.40. The number of ether oxygens (including phenoxy) is 2. The highest BCUT2D eigenvalue weighted by molar-refractivity contribution is 5.93. The van der Waals surface area contributed by atoms with E-state index >= 15 is 0 Å². The van der Waals surface area contributed by atoms with Crippen LogP contribution < -0.4 is 20.5 Å². The zero-order chi connectivity index (χ0) is 15.2. The number of nitrogens with one attached hydrogen (secondary N) is 1. The Morgan fingerprint density at radius 1 is 1.14 bits per heavy atom. The largest absolute Gasteiger partial charge is 0.497 e. The van der Waals surface area contributed by atoms with Gasteiger partial charge in [-0.05, 0) is 38.1 Å². The second-order valence-corrected chi connectivity index (χ2v) is 5.54. The van der Waals surface area contributed by atoms with Gasteiger partial charge in [0.25, 0.3) is 0 Å². The first kappa shape index (κ1) is 15.6. The van der Waals surface area contributed by atoms with Crippen LogP contribution in [0.25, 0.3) is 0 Å². The fourth-order valence-corrected chi connectivity index (χ4v) is 2.78. The second kappa shape index (κ2) is 7.31. The maximum Gasteiger partial charge on any atom is 0.227 e. The lowest BCUT2D eigenvalue weighted by Gasteiger charge is -2.26. The minimum Gasteiger partial charge on any atom is -0.497 e. The van der Waals surface area contributed by atoms with Gasteiger partial charge in [0, 0.05) is 29.8 Å². The van der Waals surface area contributed by atoms with Crippen LogP contribution in [0.2, 0.25) is 0 Å². The van der Waals surface area contributed by atoms with Gasteiger partial charge in [-0.15, -0.1) is 0 Å². The summed E-state index contributed by atoms with van der Waals surface area (Å²) in [5.74, 6) is 2.05. The summed E-state index contributed by atoms with van der Waals surface area (Å²) in [6, 6.07) is 5.37. The number of hydrogen-bond acceptors (Lipinski definition) is 4. The topological polar surface area (TPSA) is 73.6 Å². The fourth-order valence-electron chi connectivity index (χ4n) is 2.78. The third-order valence-corrected chi connectivity index (χ3v) is 4.17. The highest BCUT2D eigenvalue weighted by Gasteiger charge is 2.25. The summed E-state index contributed by atoms with van der Waals surface area (Å²) >= 11 is 0. The number of hydrogen-bond donors (Lipinski definition) is 2. The van der Waals surface area contributed by atoms with E-state index < -0.39 is 0 Å². The summed E-state index contributed by atoms with van der Waals surface area (Å²) < 4.78 is 10.4. The van der Waals surface area contributed by atoms with Gasteiger partial charge in [-0.25, -0.2) is 0 Å². The molecule has 2 rings (SSSR count). The average Bonchev–Trinajstić information content (AvgIpc) is 2.54. The summed E-state index contributed by atoms with van der Waals surface area (Å²) in [4.78, 5) is 12.3. The number of rotatable bonds is 5. The summed E-state index contributed by atoms with van der Waals surface area (Å²) in [5.41, 5.74) is 6.39. The SMILES string of the molecule is COc1cc(NC(=O)C2CCC(CN)CC2)cc(OC)c1. The normalized spacial score (nSPS) is 21.7. The van der Waals surface area contributed by atoms with E-state index in [1.807, 2.05) is 0 Å². The molecule has 0 saturated heterocycles. The third kappa shape index (κ3) is 4.11. The molecule has 3 N–H and O–H groups in total. The van der Waals surface area contributed by atoms with E-state index in [2.05, 4.69) is 5.32 Å². The molecule has 1 amide bonds. The standard InChI is InChI=1S/C16H24N2O3/c1-20-14-7-13(8-15(9-14)21-2)18-16(19)12-5-3-11(10-17)4-6-12/h7-9,11-12H,3-6,10,17H2,1-2H3,(H,18,19). The molecule has 0 unspecified atom stereocenters. The lowest BCUT2D eigenvalue weighted by Crippen LogP contribution is -2.29. The fraction of sp³-hybridized carbons (Fsp3) is 0.562. The number of carbonyl (C=O) groups excluding carboxylic acids is 1. The molecule has 21 heavy (non-hydrogen) atoms. The number of carbonyl (C=O) groups is 1. The van der Waals surface area contributed by atoms with Crippen molar-refractivity contribution >= 4 is 11.6 Å². The first-order valence-corrected chi connectivity index (χ1v) is 7.40. The number of amides is 1. The smallest absolute Gasteiger partial charge is 0.227 e. The average molecular weight is 292 g/mol. The van der Waals surface area contributed by atoms with Gasteiger partial charge >= 0.3 is 0 Å². The van der Waals surface area contributed by atoms with Crippen LogP contribution in [0, 0.1) is 11.8 Å². The van der Waals surface area contributed by atoms with Crippen molar-refractivity contribution in [1.29, 1.82) is 0 Å². The predicted octanol–water partition coefficient (Wildman–Crippen LogP) is 2.41. The van der Waals surface area contributed by atoms with Crippen LogP contribution in [0.5, 0.6) is 11.5 Å². The van der Waals surface area contributed by atoms with Gasteiger partial charge in [-0.3, -0.25) is 4.79 Å². The van der Waals surface area contributed by atoms with Gasteiger partial charge in [-0.2, -0.15) is 0 Å². The van der Waals surface area contributed by atoms with Crippen molar-refractivity contribution in [3.05, 3.63) is 18.2 Å². The zero-order valence-corrected chi connectivity index (χ0v) is 12.7. The Hall–Kier alpha value is -1.75. The Labute approximate surface area is 125 Å². The number of methoxy groups -OCH3 is 2. The number of benzene rings is 1. The molecule has 0 aromatic heterocycles. The minimum atomic E-state index is 0.0702. The second-order valence-electron chi connectivity index (χ2n) is 5.54. The van der Waals surface area contributed by atoms with Crippen LogP contribution in [0.1, 0.15) is 25.7 Å². The van der Waals surface area contributed by atoms with Crippen LogP contribution in [-0.4, -0.2) is 26.7 Å².